The zero-order valence-corrected chi connectivity index (χ0v) is 11.5. The molecule has 108 valence electrons. The van der Waals surface area contributed by atoms with Crippen LogP contribution in [0.25, 0.3) is 0 Å². The maximum Gasteiger partial charge on any atom is 0.292 e. The van der Waals surface area contributed by atoms with Gasteiger partial charge in [-0.25, -0.2) is 0 Å². The SMILES string of the molecule is CNc1cc(C(=O)N(C)C2CCOC2)ccc1[N+](=O)[O-]. The largest absolute Gasteiger partial charge is 0.383 e. The van der Waals surface area contributed by atoms with Crippen LogP contribution in [0.5, 0.6) is 0 Å². The zero-order chi connectivity index (χ0) is 14.7. The van der Waals surface area contributed by atoms with Gasteiger partial charge in [-0.15, -0.1) is 0 Å². The molecule has 1 atom stereocenters. The lowest BCUT2D eigenvalue weighted by atomic mass is 10.1. The average molecular weight is 279 g/mol. The van der Waals surface area contributed by atoms with Crippen LogP contribution in [0.3, 0.4) is 0 Å². The molecule has 2 rings (SSSR count). The van der Waals surface area contributed by atoms with Crippen molar-refractivity contribution in [2.24, 2.45) is 0 Å². The van der Waals surface area contributed by atoms with Gasteiger partial charge in [-0.3, -0.25) is 14.9 Å². The maximum atomic E-state index is 12.4. The van der Waals surface area contributed by atoms with Gasteiger partial charge >= 0.3 is 0 Å². The summed E-state index contributed by atoms with van der Waals surface area (Å²) in [6.07, 6.45) is 0.814. The smallest absolute Gasteiger partial charge is 0.292 e. The van der Waals surface area contributed by atoms with Crippen molar-refractivity contribution >= 4 is 17.3 Å². The van der Waals surface area contributed by atoms with E-state index in [2.05, 4.69) is 5.32 Å². The molecule has 0 spiro atoms. The van der Waals surface area contributed by atoms with Crippen LogP contribution in [0, 0.1) is 10.1 Å². The van der Waals surface area contributed by atoms with Gasteiger partial charge in [-0.2, -0.15) is 0 Å². The molecule has 1 aliphatic heterocycles. The number of carbonyl (C=O) groups is 1. The molecule has 0 radical (unpaired) electrons. The van der Waals surface area contributed by atoms with E-state index < -0.39 is 4.92 Å². The standard InChI is InChI=1S/C13H17N3O4/c1-14-11-7-9(3-4-12(11)16(18)19)13(17)15(2)10-5-6-20-8-10/h3-4,7,10,14H,5-6,8H2,1-2H3. The van der Waals surface area contributed by atoms with Crippen LogP contribution in [0.1, 0.15) is 16.8 Å². The molecule has 1 amide bonds. The summed E-state index contributed by atoms with van der Waals surface area (Å²) in [6, 6.07) is 4.40. The topological polar surface area (TPSA) is 84.7 Å². The Bertz CT molecular complexity index is 526. The Morgan fingerprint density at radius 1 is 1.55 bits per heavy atom. The second-order valence-corrected chi connectivity index (χ2v) is 4.67. The number of likely N-dealkylation sites (N-methyl/N-ethyl adjacent to an activating group) is 1. The maximum absolute atomic E-state index is 12.4. The molecular formula is C13H17N3O4. The molecule has 7 nitrogen and oxygen atoms in total. The third-order valence-electron chi connectivity index (χ3n) is 3.48. The Hall–Kier alpha value is -2.15. The Morgan fingerprint density at radius 3 is 2.85 bits per heavy atom. The van der Waals surface area contributed by atoms with Gasteiger partial charge in [0, 0.05) is 32.3 Å². The third-order valence-corrected chi connectivity index (χ3v) is 3.48. The van der Waals surface area contributed by atoms with Crippen molar-refractivity contribution < 1.29 is 14.5 Å². The minimum Gasteiger partial charge on any atom is -0.383 e. The van der Waals surface area contributed by atoms with E-state index in [9.17, 15) is 14.9 Å². The van der Waals surface area contributed by atoms with E-state index in [0.29, 0.717) is 24.5 Å². The molecular weight excluding hydrogens is 262 g/mol. The molecule has 20 heavy (non-hydrogen) atoms. The minimum absolute atomic E-state index is 0.0455. The fourth-order valence-corrected chi connectivity index (χ4v) is 2.23. The first-order valence-corrected chi connectivity index (χ1v) is 6.35. The Balaban J connectivity index is 2.23. The number of carbonyl (C=O) groups excluding carboxylic acids is 1. The van der Waals surface area contributed by atoms with Gasteiger partial charge in [-0.1, -0.05) is 0 Å². The van der Waals surface area contributed by atoms with Crippen molar-refractivity contribution in [1.29, 1.82) is 0 Å². The highest BCUT2D eigenvalue weighted by Gasteiger charge is 2.26. The molecule has 1 saturated heterocycles. The fourth-order valence-electron chi connectivity index (χ4n) is 2.23. The number of nitrogens with zero attached hydrogens (tertiary/aromatic N) is 2. The van der Waals surface area contributed by atoms with Gasteiger partial charge in [0.25, 0.3) is 11.6 Å². The van der Waals surface area contributed by atoms with E-state index in [1.165, 1.54) is 18.2 Å². The number of hydrogen-bond donors (Lipinski definition) is 1. The van der Waals surface area contributed by atoms with Gasteiger partial charge < -0.3 is 15.0 Å². The highest BCUT2D eigenvalue weighted by molar-refractivity contribution is 5.96. The highest BCUT2D eigenvalue weighted by atomic mass is 16.6. The van der Waals surface area contributed by atoms with Crippen LogP contribution < -0.4 is 5.32 Å². The lowest BCUT2D eigenvalue weighted by Crippen LogP contribution is -2.37. The number of hydrogen-bond acceptors (Lipinski definition) is 5. The van der Waals surface area contributed by atoms with Crippen LogP contribution in [-0.2, 0) is 4.74 Å². The van der Waals surface area contributed by atoms with E-state index in [0.717, 1.165) is 6.42 Å². The monoisotopic (exact) mass is 279 g/mol. The number of amides is 1. The summed E-state index contributed by atoms with van der Waals surface area (Å²) in [4.78, 5) is 24.4. The molecule has 1 aliphatic rings. The quantitative estimate of drug-likeness (QED) is 0.667. The van der Waals surface area contributed by atoms with Crippen LogP contribution in [0.2, 0.25) is 0 Å². The van der Waals surface area contributed by atoms with Crippen molar-refractivity contribution in [3.63, 3.8) is 0 Å². The van der Waals surface area contributed by atoms with E-state index >= 15 is 0 Å². The molecule has 0 saturated carbocycles. The number of nitro benzene ring substituents is 1. The normalized spacial score (nSPS) is 17.8. The van der Waals surface area contributed by atoms with E-state index in [1.54, 1.807) is 19.0 Å². The first-order valence-electron chi connectivity index (χ1n) is 6.35. The molecule has 1 N–H and O–H groups in total. The first-order chi connectivity index (χ1) is 9.54. The summed E-state index contributed by atoms with van der Waals surface area (Å²) < 4.78 is 5.26. The second-order valence-electron chi connectivity index (χ2n) is 4.67. The van der Waals surface area contributed by atoms with Gasteiger partial charge in [0.1, 0.15) is 5.69 Å². The van der Waals surface area contributed by atoms with E-state index in [1.807, 2.05) is 0 Å². The summed E-state index contributed by atoms with van der Waals surface area (Å²) in [7, 11) is 3.31. The first kappa shape index (κ1) is 14.3. The molecule has 7 heteroatoms. The van der Waals surface area contributed by atoms with Crippen LogP contribution in [-0.4, -0.2) is 49.1 Å². The Kier molecular flexibility index (Phi) is 4.19. The third kappa shape index (κ3) is 2.72. The fraction of sp³-hybridized carbons (Fsp3) is 0.462. The van der Waals surface area contributed by atoms with Gasteiger partial charge in [0.15, 0.2) is 0 Å². The molecule has 1 aromatic carbocycles. The van der Waals surface area contributed by atoms with Crippen molar-refractivity contribution in [3.8, 4) is 0 Å². The summed E-state index contributed by atoms with van der Waals surface area (Å²) in [5, 5.41) is 13.6. The average Bonchev–Trinajstić information content (AvgIpc) is 2.99. The molecule has 1 heterocycles. The number of benzene rings is 1. The summed E-state index contributed by atoms with van der Waals surface area (Å²) in [5.74, 6) is -0.160. The van der Waals surface area contributed by atoms with Crippen molar-refractivity contribution in [2.45, 2.75) is 12.5 Å². The minimum atomic E-state index is -0.478. The van der Waals surface area contributed by atoms with Crippen LogP contribution in [0.4, 0.5) is 11.4 Å². The van der Waals surface area contributed by atoms with Gasteiger partial charge in [-0.05, 0) is 18.6 Å². The lowest BCUT2D eigenvalue weighted by molar-refractivity contribution is -0.383. The van der Waals surface area contributed by atoms with E-state index in [4.69, 9.17) is 4.74 Å². The summed E-state index contributed by atoms with van der Waals surface area (Å²) in [6.45, 7) is 1.19. The molecule has 0 bridgehead atoms. The van der Waals surface area contributed by atoms with Crippen LogP contribution in [0.15, 0.2) is 18.2 Å². The molecule has 0 aliphatic carbocycles. The second kappa shape index (κ2) is 5.87. The Labute approximate surface area is 116 Å². The van der Waals surface area contributed by atoms with Crippen molar-refractivity contribution in [3.05, 3.63) is 33.9 Å². The predicted molar refractivity (Wildman–Crippen MR) is 74.0 cm³/mol. The Morgan fingerprint density at radius 2 is 2.30 bits per heavy atom. The lowest BCUT2D eigenvalue weighted by Gasteiger charge is -2.23. The number of anilines is 1. The summed E-state index contributed by atoms with van der Waals surface area (Å²) in [5.41, 5.74) is 0.710. The van der Waals surface area contributed by atoms with Gasteiger partial charge in [0.05, 0.1) is 17.6 Å². The number of nitrogens with one attached hydrogen (secondary N) is 1. The predicted octanol–water partition coefficient (Wildman–Crippen LogP) is 1.50. The number of nitro groups is 1. The van der Waals surface area contributed by atoms with E-state index in [-0.39, 0.29) is 17.6 Å². The molecule has 1 unspecified atom stereocenters. The molecule has 0 aromatic heterocycles. The highest BCUT2D eigenvalue weighted by Crippen LogP contribution is 2.26. The number of rotatable bonds is 4. The molecule has 1 fully saturated rings. The van der Waals surface area contributed by atoms with Crippen molar-refractivity contribution in [1.82, 2.24) is 4.90 Å². The summed E-state index contributed by atoms with van der Waals surface area (Å²) >= 11 is 0. The van der Waals surface area contributed by atoms with Gasteiger partial charge in [0.2, 0.25) is 0 Å². The molecule has 1 aromatic rings. The van der Waals surface area contributed by atoms with Crippen molar-refractivity contribution in [2.75, 3.05) is 32.6 Å². The zero-order valence-electron chi connectivity index (χ0n) is 11.5. The van der Waals surface area contributed by atoms with Crippen LogP contribution >= 0.6 is 0 Å². The number of ether oxygens (including phenoxy) is 1.